The third-order valence-electron chi connectivity index (χ3n) is 9.97. The van der Waals surface area contributed by atoms with Gasteiger partial charge in [-0.05, 0) is 85.9 Å². The summed E-state index contributed by atoms with van der Waals surface area (Å²) < 4.78 is 71.5. The highest BCUT2D eigenvalue weighted by atomic mass is 35.5. The van der Waals surface area contributed by atoms with Crippen molar-refractivity contribution in [3.05, 3.63) is 0 Å². The van der Waals surface area contributed by atoms with E-state index < -0.39 is 38.3 Å². The van der Waals surface area contributed by atoms with Crippen molar-refractivity contribution in [1.82, 2.24) is 4.90 Å². The Kier molecular flexibility index (Phi) is 3.78. The van der Waals surface area contributed by atoms with E-state index in [1.54, 1.807) is 0 Å². The Morgan fingerprint density at radius 1 is 1.13 bits per heavy atom. The number of fused-ring (bicyclic) bond motifs is 5. The summed E-state index contributed by atoms with van der Waals surface area (Å²) in [4.78, 5) is 13.3. The number of carbonyl (C=O) groups excluding carboxylic acids is 1. The highest BCUT2D eigenvalue weighted by Gasteiger charge is 2.62. The molecule has 5 aliphatic rings. The van der Waals surface area contributed by atoms with Crippen molar-refractivity contribution in [3.63, 3.8) is 0 Å². The van der Waals surface area contributed by atoms with Crippen LogP contribution in [0, 0.1) is 40.4 Å². The van der Waals surface area contributed by atoms with Gasteiger partial charge in [0.2, 0.25) is 0 Å². The van der Waals surface area contributed by atoms with Gasteiger partial charge < -0.3 is 9.84 Å². The summed E-state index contributed by atoms with van der Waals surface area (Å²) in [5.41, 5.74) is -0.470. The summed E-state index contributed by atoms with van der Waals surface area (Å²) in [5.74, 6) is 1.23. The molecule has 0 aromatic heterocycles. The summed E-state index contributed by atoms with van der Waals surface area (Å²) in [6, 6.07) is -1.13. The fourth-order valence-electron chi connectivity index (χ4n) is 8.52. The van der Waals surface area contributed by atoms with E-state index in [1.165, 1.54) is 0 Å². The zero-order chi connectivity index (χ0) is 28.3. The molecule has 4 nitrogen and oxygen atoms in total. The largest absolute Gasteiger partial charge is 0.391 e. The first-order chi connectivity index (χ1) is 17.3. The molecule has 5 fully saturated rings. The van der Waals surface area contributed by atoms with Gasteiger partial charge in [0.1, 0.15) is 0 Å². The first kappa shape index (κ1) is 14.2. The summed E-state index contributed by atoms with van der Waals surface area (Å²) in [5, 5.41) is 11.3. The number of ketones is 1. The van der Waals surface area contributed by atoms with Gasteiger partial charge in [-0.25, -0.2) is 0 Å². The first-order valence-corrected chi connectivity index (χ1v) is 12.1. The number of alkyl halides is 1. The zero-order valence-electron chi connectivity index (χ0n) is 26.0. The van der Waals surface area contributed by atoms with Gasteiger partial charge in [-0.2, -0.15) is 0 Å². The molecule has 4 aliphatic carbocycles. The molecule has 0 amide bonds. The molecule has 0 unspecified atom stereocenters. The number of rotatable bonds is 3. The van der Waals surface area contributed by atoms with Crippen molar-refractivity contribution in [3.8, 4) is 0 Å². The van der Waals surface area contributed by atoms with Crippen molar-refractivity contribution in [1.29, 1.82) is 0 Å². The molecule has 5 heteroatoms. The maximum Gasteiger partial charge on any atom is 0.151 e. The van der Waals surface area contributed by atoms with Crippen molar-refractivity contribution in [2.24, 2.45) is 40.4 Å². The summed E-state index contributed by atoms with van der Waals surface area (Å²) in [7, 11) is 0. The van der Waals surface area contributed by atoms with Gasteiger partial charge in [-0.15, -0.1) is 11.6 Å². The van der Waals surface area contributed by atoms with E-state index in [-0.39, 0.29) is 46.7 Å². The highest BCUT2D eigenvalue weighted by molar-refractivity contribution is 6.28. The molecule has 0 bridgehead atoms. The number of morpholine rings is 1. The maximum absolute atomic E-state index is 12.7. The fraction of sp³-hybridized carbons (Fsp3) is 0.960. The monoisotopic (exact) mass is 445 g/mol. The number of hydrogen-bond acceptors (Lipinski definition) is 4. The van der Waals surface area contributed by atoms with Gasteiger partial charge in [0.05, 0.1) is 30.6 Å². The van der Waals surface area contributed by atoms with E-state index in [1.807, 2.05) is 0 Å². The molecule has 9 atom stereocenters. The van der Waals surface area contributed by atoms with Gasteiger partial charge in [0, 0.05) is 30.4 Å². The number of nitrogens with zero attached hydrogens (tertiary/aromatic N) is 1. The summed E-state index contributed by atoms with van der Waals surface area (Å²) in [6.45, 7) is -7.90. The number of aliphatic hydroxyl groups excluding tert-OH is 1. The van der Waals surface area contributed by atoms with Crippen molar-refractivity contribution < 1.29 is 25.6 Å². The van der Waals surface area contributed by atoms with E-state index in [9.17, 15) is 9.90 Å². The lowest BCUT2D eigenvalue weighted by atomic mass is 9.44. The number of Topliss-reactive ketones (excluding diaryl/α,β-unsaturated/α-hetero) is 1. The van der Waals surface area contributed by atoms with Crippen molar-refractivity contribution in [2.75, 3.05) is 32.0 Å². The quantitative estimate of drug-likeness (QED) is 0.663. The Morgan fingerprint density at radius 3 is 2.60 bits per heavy atom. The van der Waals surface area contributed by atoms with Crippen LogP contribution in [-0.4, -0.2) is 59.9 Å². The molecule has 170 valence electrons. The smallest absolute Gasteiger partial charge is 0.151 e. The average molecular weight is 446 g/mol. The van der Waals surface area contributed by atoms with Crippen LogP contribution in [0.25, 0.3) is 0 Å². The number of ether oxygens (including phenoxy) is 1. The molecule has 0 aromatic rings. The van der Waals surface area contributed by atoms with E-state index >= 15 is 0 Å². The first-order valence-electron chi connectivity index (χ1n) is 15.6. The van der Waals surface area contributed by atoms with E-state index in [0.717, 1.165) is 38.5 Å². The SMILES string of the molecule is [2H]C1([2H])OC([2H])([2H])C([2H])([2H])N([C@@H]2C[C@@]3(C)[C@@H](CC[C@H]4[C@H]5CC[C@H](C(=O)CCl)[C@@]5(C)CC[C@@H]43)C[C@@H]2O)C1([2H])[2H]. The molecule has 0 spiro atoms. The molecule has 1 saturated heterocycles. The number of aliphatic hydroxyl groups is 1. The molecular formula is C25H40ClNO3. The van der Waals surface area contributed by atoms with Crippen LogP contribution < -0.4 is 0 Å². The molecule has 30 heavy (non-hydrogen) atoms. The third-order valence-corrected chi connectivity index (χ3v) is 10.2. The highest BCUT2D eigenvalue weighted by Crippen LogP contribution is 2.67. The fourth-order valence-corrected chi connectivity index (χ4v) is 8.71. The lowest BCUT2D eigenvalue weighted by molar-refractivity contribution is -0.156. The molecule has 1 N–H and O–H groups in total. The van der Waals surface area contributed by atoms with Crippen LogP contribution >= 0.6 is 11.6 Å². The topological polar surface area (TPSA) is 49.8 Å². The zero-order valence-corrected chi connectivity index (χ0v) is 18.8. The van der Waals surface area contributed by atoms with Gasteiger partial charge in [-0.1, -0.05) is 13.8 Å². The Labute approximate surface area is 198 Å². The van der Waals surface area contributed by atoms with Crippen LogP contribution in [0.4, 0.5) is 0 Å². The summed E-state index contributed by atoms with van der Waals surface area (Å²) in [6.07, 6.45) is 4.87. The second kappa shape index (κ2) is 8.01. The molecule has 0 radical (unpaired) electrons. The third kappa shape index (κ3) is 3.23. The Hall–Kier alpha value is -0.160. The number of carbonyl (C=O) groups is 1. The van der Waals surface area contributed by atoms with Crippen molar-refractivity contribution in [2.45, 2.75) is 77.4 Å². The average Bonchev–Trinajstić information content (AvgIpc) is 3.15. The molecule has 1 heterocycles. The van der Waals surface area contributed by atoms with Crippen LogP contribution in [0.15, 0.2) is 0 Å². The normalized spacial score (nSPS) is 62.3. The predicted molar refractivity (Wildman–Crippen MR) is 119 cm³/mol. The Bertz CT molecular complexity index is 958. The lowest BCUT2D eigenvalue weighted by Crippen LogP contribution is -2.60. The molecule has 1 aliphatic heterocycles. The number of hydrogen-bond donors (Lipinski definition) is 1. The van der Waals surface area contributed by atoms with E-state index in [0.29, 0.717) is 23.2 Å². The van der Waals surface area contributed by atoms with Crippen LogP contribution in [0.5, 0.6) is 0 Å². The molecular weight excluding hydrogens is 398 g/mol. The molecule has 0 aromatic carbocycles. The van der Waals surface area contributed by atoms with Crippen LogP contribution in [0.1, 0.15) is 76.2 Å². The standard InChI is InChI=1S/C25H40ClNO3/c1-24-8-7-19-17(18(24)5-6-20(24)23(29)15-26)4-3-16-13-22(28)21(14-25(16,19)2)27-9-11-30-12-10-27/h16-22,28H,3-15H2,1-2H3/t16-,17-,18+,19-,20+,21+,22-,24-,25-/m0/s1/i9D2,10D2,11D2,12D2. The number of halogens is 1. The second-order valence-corrected chi connectivity index (χ2v) is 11.2. The van der Waals surface area contributed by atoms with E-state index in [4.69, 9.17) is 27.3 Å². The summed E-state index contributed by atoms with van der Waals surface area (Å²) >= 11 is 5.96. The van der Waals surface area contributed by atoms with Crippen LogP contribution in [-0.2, 0) is 9.53 Å². The van der Waals surface area contributed by atoms with E-state index in [2.05, 4.69) is 13.8 Å². The minimum atomic E-state index is -3.13. The molecule has 5 rings (SSSR count). The predicted octanol–water partition coefficient (Wildman–Crippen LogP) is 4.12. The minimum Gasteiger partial charge on any atom is -0.391 e. The Balaban J connectivity index is 1.49. The second-order valence-electron chi connectivity index (χ2n) is 10.9. The lowest BCUT2D eigenvalue weighted by Gasteiger charge is -2.62. The van der Waals surface area contributed by atoms with Gasteiger partial charge in [-0.3, -0.25) is 9.69 Å². The van der Waals surface area contributed by atoms with Crippen molar-refractivity contribution >= 4 is 17.4 Å². The maximum atomic E-state index is 12.7. The molecule has 4 saturated carbocycles. The van der Waals surface area contributed by atoms with Crippen LogP contribution in [0.3, 0.4) is 0 Å². The van der Waals surface area contributed by atoms with Crippen LogP contribution in [0.2, 0.25) is 0 Å². The minimum absolute atomic E-state index is 0.0327. The van der Waals surface area contributed by atoms with Gasteiger partial charge >= 0.3 is 0 Å². The Morgan fingerprint density at radius 2 is 1.87 bits per heavy atom. The van der Waals surface area contributed by atoms with Gasteiger partial charge in [0.25, 0.3) is 0 Å². The van der Waals surface area contributed by atoms with Gasteiger partial charge in [0.15, 0.2) is 5.78 Å².